The molecule has 0 unspecified atom stereocenters. The summed E-state index contributed by atoms with van der Waals surface area (Å²) in [6, 6.07) is 1.84. The van der Waals surface area contributed by atoms with E-state index in [0.29, 0.717) is 6.42 Å². The van der Waals surface area contributed by atoms with Gasteiger partial charge in [0.2, 0.25) is 5.88 Å². The van der Waals surface area contributed by atoms with Crippen LogP contribution in [0.3, 0.4) is 0 Å². The number of aromatic nitrogens is 4. The van der Waals surface area contributed by atoms with Crippen molar-refractivity contribution in [2.45, 2.75) is 32.7 Å². The summed E-state index contributed by atoms with van der Waals surface area (Å²) in [7, 11) is 1.81. The van der Waals surface area contributed by atoms with Crippen LogP contribution in [0, 0.1) is 0 Å². The Bertz CT molecular complexity index is 724. The summed E-state index contributed by atoms with van der Waals surface area (Å²) < 4.78 is 2.84. The third kappa shape index (κ3) is 2.66. The Labute approximate surface area is 115 Å². The van der Waals surface area contributed by atoms with Crippen molar-refractivity contribution in [3.8, 4) is 5.88 Å². The summed E-state index contributed by atoms with van der Waals surface area (Å²) in [5.41, 5.74) is -0.0915. The van der Waals surface area contributed by atoms with Crippen molar-refractivity contribution >= 4 is 0 Å². The van der Waals surface area contributed by atoms with Crippen molar-refractivity contribution in [1.29, 1.82) is 0 Å². The summed E-state index contributed by atoms with van der Waals surface area (Å²) in [5.74, 6) is -0.426. The third-order valence-corrected chi connectivity index (χ3v) is 3.14. The molecule has 0 bridgehead atoms. The molecule has 0 spiro atoms. The van der Waals surface area contributed by atoms with Crippen LogP contribution in [0.1, 0.15) is 31.0 Å². The normalized spacial score (nSPS) is 11.2. The Balaban J connectivity index is 2.34. The average Bonchev–Trinajstić information content (AvgIpc) is 2.73. The van der Waals surface area contributed by atoms with Gasteiger partial charge in [0.1, 0.15) is 0 Å². The lowest BCUT2D eigenvalue weighted by Crippen LogP contribution is -2.33. The molecule has 0 aliphatic rings. The van der Waals surface area contributed by atoms with E-state index in [4.69, 9.17) is 0 Å². The topological polar surface area (TPSA) is 92.9 Å². The molecule has 0 amide bonds. The molecule has 0 atom stereocenters. The molecule has 2 aromatic heterocycles. The Kier molecular flexibility index (Phi) is 3.78. The molecular weight excluding hydrogens is 260 g/mol. The first-order chi connectivity index (χ1) is 9.40. The molecule has 20 heavy (non-hydrogen) atoms. The highest BCUT2D eigenvalue weighted by atomic mass is 16.3. The van der Waals surface area contributed by atoms with Crippen molar-refractivity contribution in [2.75, 3.05) is 0 Å². The minimum atomic E-state index is -0.604. The maximum Gasteiger partial charge on any atom is 0.331 e. The van der Waals surface area contributed by atoms with Gasteiger partial charge in [0, 0.05) is 26.2 Å². The zero-order valence-corrected chi connectivity index (χ0v) is 11.8. The first kappa shape index (κ1) is 14.1. The van der Waals surface area contributed by atoms with Gasteiger partial charge in [-0.3, -0.25) is 19.0 Å². The van der Waals surface area contributed by atoms with E-state index in [2.05, 4.69) is 10.1 Å². The van der Waals surface area contributed by atoms with Gasteiger partial charge in [0.05, 0.1) is 11.3 Å². The highest BCUT2D eigenvalue weighted by Crippen LogP contribution is 2.19. The number of aromatic amines is 1. The van der Waals surface area contributed by atoms with E-state index in [9.17, 15) is 14.7 Å². The predicted molar refractivity (Wildman–Crippen MR) is 74.0 cm³/mol. The highest BCUT2D eigenvalue weighted by Gasteiger charge is 2.16. The lowest BCUT2D eigenvalue weighted by molar-refractivity contribution is 0.389. The van der Waals surface area contributed by atoms with Crippen LogP contribution in [-0.4, -0.2) is 24.4 Å². The van der Waals surface area contributed by atoms with E-state index in [1.807, 2.05) is 19.3 Å². The van der Waals surface area contributed by atoms with E-state index in [1.165, 1.54) is 4.57 Å². The van der Waals surface area contributed by atoms with E-state index in [0.717, 1.165) is 5.69 Å². The number of aromatic hydroxyl groups is 1. The molecule has 108 valence electrons. The van der Waals surface area contributed by atoms with Gasteiger partial charge in [0.15, 0.2) is 0 Å². The molecule has 7 heteroatoms. The predicted octanol–water partition coefficient (Wildman–Crippen LogP) is 0.342. The maximum absolute atomic E-state index is 11.8. The first-order valence-corrected chi connectivity index (χ1v) is 6.44. The maximum atomic E-state index is 11.8. The van der Waals surface area contributed by atoms with Crippen molar-refractivity contribution in [1.82, 2.24) is 19.3 Å². The smallest absolute Gasteiger partial charge is 0.331 e. The summed E-state index contributed by atoms with van der Waals surface area (Å²) in [6.45, 7) is 3.84. The highest BCUT2D eigenvalue weighted by molar-refractivity contribution is 5.25. The van der Waals surface area contributed by atoms with Gasteiger partial charge in [-0.25, -0.2) is 4.79 Å². The minimum absolute atomic E-state index is 0.166. The van der Waals surface area contributed by atoms with E-state index in [-0.39, 0.29) is 23.9 Å². The molecule has 0 saturated carbocycles. The Hall–Kier alpha value is -2.31. The molecule has 0 aliphatic heterocycles. The van der Waals surface area contributed by atoms with Crippen LogP contribution in [-0.2, 0) is 20.0 Å². The second-order valence-corrected chi connectivity index (χ2v) is 5.03. The fraction of sp³-hybridized carbons (Fsp3) is 0.462. The van der Waals surface area contributed by atoms with Gasteiger partial charge in [-0.05, 0) is 12.0 Å². The molecule has 0 saturated heterocycles. The van der Waals surface area contributed by atoms with Gasteiger partial charge < -0.3 is 5.11 Å². The fourth-order valence-corrected chi connectivity index (χ4v) is 2.13. The SMILES string of the molecule is CC(C)c1c(O)n(CCc2ccn(C)n2)c(=O)[nH]c1=O. The zero-order chi connectivity index (χ0) is 14.9. The molecular formula is C13H18N4O3. The number of nitrogens with one attached hydrogen (secondary N) is 1. The molecule has 2 rings (SSSR count). The molecule has 0 radical (unpaired) electrons. The molecule has 2 aromatic rings. The summed E-state index contributed by atoms with van der Waals surface area (Å²) in [5, 5.41) is 14.3. The lowest BCUT2D eigenvalue weighted by atomic mass is 10.1. The van der Waals surface area contributed by atoms with E-state index >= 15 is 0 Å². The summed E-state index contributed by atoms with van der Waals surface area (Å²) in [4.78, 5) is 25.7. The van der Waals surface area contributed by atoms with Crippen LogP contribution in [0.2, 0.25) is 0 Å². The molecule has 2 N–H and O–H groups in total. The second-order valence-electron chi connectivity index (χ2n) is 5.03. The fourth-order valence-electron chi connectivity index (χ4n) is 2.13. The number of nitrogens with zero attached hydrogens (tertiary/aromatic N) is 3. The van der Waals surface area contributed by atoms with Crippen molar-refractivity contribution in [3.05, 3.63) is 44.4 Å². The zero-order valence-electron chi connectivity index (χ0n) is 11.8. The van der Waals surface area contributed by atoms with Crippen molar-refractivity contribution < 1.29 is 5.11 Å². The minimum Gasteiger partial charge on any atom is -0.494 e. The summed E-state index contributed by atoms with van der Waals surface area (Å²) in [6.07, 6.45) is 2.31. The van der Waals surface area contributed by atoms with Gasteiger partial charge >= 0.3 is 5.69 Å². The standard InChI is InChI=1S/C13H18N4O3/c1-8(2)10-11(18)14-13(20)17(12(10)19)7-5-9-4-6-16(3)15-9/h4,6,8,19H,5,7H2,1-3H3,(H,14,18,20). The van der Waals surface area contributed by atoms with E-state index < -0.39 is 11.2 Å². The van der Waals surface area contributed by atoms with Crippen LogP contribution in [0.5, 0.6) is 5.88 Å². The third-order valence-electron chi connectivity index (χ3n) is 3.14. The molecule has 0 fully saturated rings. The Morgan fingerprint density at radius 3 is 2.65 bits per heavy atom. The van der Waals surface area contributed by atoms with Crippen molar-refractivity contribution in [3.63, 3.8) is 0 Å². The number of hydrogen-bond acceptors (Lipinski definition) is 4. The van der Waals surface area contributed by atoms with Gasteiger partial charge in [-0.2, -0.15) is 5.10 Å². The number of rotatable bonds is 4. The van der Waals surface area contributed by atoms with Crippen LogP contribution in [0.25, 0.3) is 0 Å². The Morgan fingerprint density at radius 2 is 2.10 bits per heavy atom. The largest absolute Gasteiger partial charge is 0.494 e. The van der Waals surface area contributed by atoms with E-state index in [1.54, 1.807) is 18.5 Å². The van der Waals surface area contributed by atoms with Gasteiger partial charge in [0.25, 0.3) is 5.56 Å². The quantitative estimate of drug-likeness (QED) is 0.843. The summed E-state index contributed by atoms with van der Waals surface area (Å²) >= 11 is 0. The molecule has 7 nitrogen and oxygen atoms in total. The molecule has 2 heterocycles. The number of aryl methyl sites for hydroxylation is 2. The van der Waals surface area contributed by atoms with Gasteiger partial charge in [-0.15, -0.1) is 0 Å². The van der Waals surface area contributed by atoms with Crippen LogP contribution >= 0.6 is 0 Å². The second kappa shape index (κ2) is 5.36. The lowest BCUT2D eigenvalue weighted by Gasteiger charge is -2.12. The van der Waals surface area contributed by atoms with Crippen LogP contribution < -0.4 is 11.2 Å². The average molecular weight is 278 g/mol. The Morgan fingerprint density at radius 1 is 1.40 bits per heavy atom. The van der Waals surface area contributed by atoms with Crippen molar-refractivity contribution in [2.24, 2.45) is 7.05 Å². The monoisotopic (exact) mass is 278 g/mol. The first-order valence-electron chi connectivity index (χ1n) is 6.44. The van der Waals surface area contributed by atoms with Crippen LogP contribution in [0.15, 0.2) is 21.9 Å². The number of H-pyrrole nitrogens is 1. The van der Waals surface area contributed by atoms with Gasteiger partial charge in [-0.1, -0.05) is 13.8 Å². The number of hydrogen-bond donors (Lipinski definition) is 2. The molecule has 0 aliphatic carbocycles. The van der Waals surface area contributed by atoms with Crippen LogP contribution in [0.4, 0.5) is 0 Å². The molecule has 0 aromatic carbocycles.